The molecule has 0 fully saturated rings. The molecule has 0 heterocycles. The molecule has 0 bridgehead atoms. The number of nitrogens with zero attached hydrogens (tertiary/aromatic N) is 2. The van der Waals surface area contributed by atoms with E-state index in [0.29, 0.717) is 0 Å². The van der Waals surface area contributed by atoms with E-state index in [1.54, 1.807) is 0 Å². The second-order valence-corrected chi connectivity index (χ2v) is 4.79. The average molecular weight is 232 g/mol. The minimum atomic E-state index is -0.0122. The topological polar surface area (TPSA) is 76.8 Å². The van der Waals surface area contributed by atoms with Crippen LogP contribution in [0.15, 0.2) is 40.5 Å². The summed E-state index contributed by atoms with van der Waals surface area (Å²) in [5.74, 6) is -0.0122. The lowest BCUT2D eigenvalue weighted by Gasteiger charge is -2.24. The maximum absolute atomic E-state index is 5.24. The van der Waals surface area contributed by atoms with Crippen molar-refractivity contribution in [1.82, 2.24) is 0 Å². The molecule has 4 N–H and O–H groups in total. The summed E-state index contributed by atoms with van der Waals surface area (Å²) in [6, 6.07) is 10.3. The van der Waals surface area contributed by atoms with Gasteiger partial charge in [-0.05, 0) is 24.3 Å². The zero-order chi connectivity index (χ0) is 12.9. The predicted molar refractivity (Wildman–Crippen MR) is 73.0 cm³/mol. The Labute approximate surface area is 102 Å². The van der Waals surface area contributed by atoms with E-state index in [0.717, 1.165) is 12.1 Å². The normalized spacial score (nSPS) is 12.3. The van der Waals surface area contributed by atoms with Gasteiger partial charge in [-0.15, -0.1) is 5.10 Å². The molecule has 17 heavy (non-hydrogen) atoms. The fourth-order valence-corrected chi connectivity index (χ4v) is 1.81. The van der Waals surface area contributed by atoms with Crippen LogP contribution in [0, 0.1) is 0 Å². The van der Waals surface area contributed by atoms with Gasteiger partial charge >= 0.3 is 0 Å². The minimum absolute atomic E-state index is 0.0122. The van der Waals surface area contributed by atoms with Crippen molar-refractivity contribution in [3.05, 3.63) is 35.9 Å². The minimum Gasteiger partial charge on any atom is -0.369 e. The van der Waals surface area contributed by atoms with Crippen LogP contribution in [0.1, 0.15) is 32.8 Å². The lowest BCUT2D eigenvalue weighted by Crippen LogP contribution is -2.23. The van der Waals surface area contributed by atoms with Crippen LogP contribution in [0.25, 0.3) is 0 Å². The Bertz CT molecular complexity index is 414. The fraction of sp³-hybridized carbons (Fsp3) is 0.385. The van der Waals surface area contributed by atoms with E-state index in [1.165, 1.54) is 5.56 Å². The summed E-state index contributed by atoms with van der Waals surface area (Å²) in [4.78, 5) is 0. The molecule has 92 valence electrons. The van der Waals surface area contributed by atoms with Crippen LogP contribution in [-0.4, -0.2) is 11.7 Å². The number of hydrogen-bond acceptors (Lipinski definition) is 2. The molecule has 0 radical (unpaired) electrons. The van der Waals surface area contributed by atoms with Crippen LogP contribution < -0.4 is 11.5 Å². The Morgan fingerprint density at radius 3 is 2.24 bits per heavy atom. The third kappa shape index (κ3) is 4.26. The third-order valence-corrected chi connectivity index (χ3v) is 2.59. The SMILES string of the molecule is CC(CC(C)(C)c1ccccc1)=NN=C(N)N. The Balaban J connectivity index is 2.80. The summed E-state index contributed by atoms with van der Waals surface area (Å²) in [5.41, 5.74) is 12.7. The maximum atomic E-state index is 5.24. The van der Waals surface area contributed by atoms with E-state index in [9.17, 15) is 0 Å². The van der Waals surface area contributed by atoms with Gasteiger partial charge in [0.15, 0.2) is 0 Å². The van der Waals surface area contributed by atoms with Crippen molar-refractivity contribution < 1.29 is 0 Å². The highest BCUT2D eigenvalue weighted by molar-refractivity contribution is 5.84. The largest absolute Gasteiger partial charge is 0.369 e. The Morgan fingerprint density at radius 2 is 1.71 bits per heavy atom. The third-order valence-electron chi connectivity index (χ3n) is 2.59. The van der Waals surface area contributed by atoms with Crippen LogP contribution in [0.5, 0.6) is 0 Å². The molecular formula is C13H20N4. The summed E-state index contributed by atoms with van der Waals surface area (Å²) >= 11 is 0. The second-order valence-electron chi connectivity index (χ2n) is 4.79. The van der Waals surface area contributed by atoms with E-state index in [2.05, 4.69) is 36.2 Å². The first-order chi connectivity index (χ1) is 7.92. The molecule has 0 aliphatic carbocycles. The van der Waals surface area contributed by atoms with Crippen LogP contribution >= 0.6 is 0 Å². The quantitative estimate of drug-likeness (QED) is 0.473. The van der Waals surface area contributed by atoms with Crippen molar-refractivity contribution in [2.24, 2.45) is 21.7 Å². The van der Waals surface area contributed by atoms with Gasteiger partial charge in [-0.2, -0.15) is 5.10 Å². The predicted octanol–water partition coefficient (Wildman–Crippen LogP) is 2.00. The zero-order valence-corrected chi connectivity index (χ0v) is 10.6. The summed E-state index contributed by atoms with van der Waals surface area (Å²) in [6.07, 6.45) is 0.813. The number of hydrogen-bond donors (Lipinski definition) is 2. The Kier molecular flexibility index (Phi) is 4.26. The molecule has 0 aromatic heterocycles. The molecule has 4 heteroatoms. The summed E-state index contributed by atoms with van der Waals surface area (Å²) in [6.45, 7) is 6.28. The summed E-state index contributed by atoms with van der Waals surface area (Å²) in [7, 11) is 0. The first-order valence-corrected chi connectivity index (χ1v) is 5.59. The van der Waals surface area contributed by atoms with E-state index in [-0.39, 0.29) is 11.4 Å². The lowest BCUT2D eigenvalue weighted by atomic mass is 9.80. The summed E-state index contributed by atoms with van der Waals surface area (Å²) in [5, 5.41) is 7.65. The molecule has 0 unspecified atom stereocenters. The van der Waals surface area contributed by atoms with Crippen molar-refractivity contribution in [3.63, 3.8) is 0 Å². The molecule has 4 nitrogen and oxygen atoms in total. The Morgan fingerprint density at radius 1 is 1.12 bits per heavy atom. The lowest BCUT2D eigenvalue weighted by molar-refractivity contribution is 0.548. The highest BCUT2D eigenvalue weighted by Gasteiger charge is 2.21. The van der Waals surface area contributed by atoms with Gasteiger partial charge in [-0.1, -0.05) is 44.2 Å². The molecule has 1 aromatic rings. The Hall–Kier alpha value is -1.84. The van der Waals surface area contributed by atoms with Crippen molar-refractivity contribution in [2.75, 3.05) is 0 Å². The van der Waals surface area contributed by atoms with Gasteiger partial charge in [0, 0.05) is 5.71 Å². The highest BCUT2D eigenvalue weighted by atomic mass is 15.3. The van der Waals surface area contributed by atoms with E-state index in [1.807, 2.05) is 25.1 Å². The number of benzene rings is 1. The molecule has 0 amide bonds. The van der Waals surface area contributed by atoms with Crippen LogP contribution in [0.3, 0.4) is 0 Å². The second kappa shape index (κ2) is 5.48. The van der Waals surface area contributed by atoms with E-state index in [4.69, 9.17) is 11.5 Å². The van der Waals surface area contributed by atoms with Crippen LogP contribution in [0.4, 0.5) is 0 Å². The first kappa shape index (κ1) is 13.2. The van der Waals surface area contributed by atoms with Gasteiger partial charge < -0.3 is 11.5 Å². The van der Waals surface area contributed by atoms with Crippen LogP contribution in [0.2, 0.25) is 0 Å². The maximum Gasteiger partial charge on any atom is 0.211 e. The first-order valence-electron chi connectivity index (χ1n) is 5.59. The van der Waals surface area contributed by atoms with Crippen LogP contribution in [-0.2, 0) is 5.41 Å². The monoisotopic (exact) mass is 232 g/mol. The smallest absolute Gasteiger partial charge is 0.211 e. The molecular weight excluding hydrogens is 212 g/mol. The van der Waals surface area contributed by atoms with Crippen molar-refractivity contribution in [2.45, 2.75) is 32.6 Å². The van der Waals surface area contributed by atoms with Gasteiger partial charge in [0.2, 0.25) is 5.96 Å². The van der Waals surface area contributed by atoms with Gasteiger partial charge in [-0.3, -0.25) is 0 Å². The molecule has 0 saturated heterocycles. The number of guanidine groups is 1. The molecule has 1 rings (SSSR count). The van der Waals surface area contributed by atoms with E-state index >= 15 is 0 Å². The summed E-state index contributed by atoms with van der Waals surface area (Å²) < 4.78 is 0. The van der Waals surface area contributed by atoms with Gasteiger partial charge in [0.1, 0.15) is 0 Å². The molecule has 0 aliphatic heterocycles. The molecule has 0 saturated carbocycles. The number of nitrogens with two attached hydrogens (primary N) is 2. The zero-order valence-electron chi connectivity index (χ0n) is 10.6. The van der Waals surface area contributed by atoms with Gasteiger partial charge in [0.25, 0.3) is 0 Å². The van der Waals surface area contributed by atoms with Gasteiger partial charge in [0.05, 0.1) is 0 Å². The number of rotatable bonds is 4. The van der Waals surface area contributed by atoms with Gasteiger partial charge in [-0.25, -0.2) is 0 Å². The van der Waals surface area contributed by atoms with Crippen molar-refractivity contribution >= 4 is 11.7 Å². The van der Waals surface area contributed by atoms with Crippen molar-refractivity contribution in [3.8, 4) is 0 Å². The highest BCUT2D eigenvalue weighted by Crippen LogP contribution is 2.27. The molecule has 0 spiro atoms. The van der Waals surface area contributed by atoms with Crippen molar-refractivity contribution in [1.29, 1.82) is 0 Å². The molecule has 0 aliphatic rings. The van der Waals surface area contributed by atoms with E-state index < -0.39 is 0 Å². The standard InChI is InChI=1S/C13H20N4/c1-10(16-17-12(14)15)9-13(2,3)11-7-5-4-6-8-11/h4-8H,9H2,1-3H3,(H4,14,15,17). The average Bonchev–Trinajstić information content (AvgIpc) is 2.27. The fourth-order valence-electron chi connectivity index (χ4n) is 1.81. The molecule has 1 aromatic carbocycles. The molecule has 0 atom stereocenters.